The summed E-state index contributed by atoms with van der Waals surface area (Å²) in [6.45, 7) is 10.1. The van der Waals surface area contributed by atoms with Gasteiger partial charge in [0.15, 0.2) is 0 Å². The van der Waals surface area contributed by atoms with Gasteiger partial charge in [-0.15, -0.1) is 0 Å². The van der Waals surface area contributed by atoms with Gasteiger partial charge in [-0.2, -0.15) is 0 Å². The van der Waals surface area contributed by atoms with Gasteiger partial charge in [0.2, 0.25) is 5.91 Å². The molecule has 2 aliphatic heterocycles. The fourth-order valence-corrected chi connectivity index (χ4v) is 4.04. The third-order valence-corrected chi connectivity index (χ3v) is 5.72. The van der Waals surface area contributed by atoms with E-state index >= 15 is 0 Å². The van der Waals surface area contributed by atoms with Gasteiger partial charge in [0.1, 0.15) is 11.5 Å². The summed E-state index contributed by atoms with van der Waals surface area (Å²) < 4.78 is 11.3. The molecule has 2 aliphatic rings. The molecule has 26 heavy (non-hydrogen) atoms. The molecule has 0 radical (unpaired) electrons. The fourth-order valence-electron chi connectivity index (χ4n) is 4.04. The third-order valence-electron chi connectivity index (χ3n) is 5.72. The number of furan rings is 1. The van der Waals surface area contributed by atoms with Crippen molar-refractivity contribution in [2.75, 3.05) is 45.9 Å². The van der Waals surface area contributed by atoms with Crippen LogP contribution in [-0.2, 0) is 9.53 Å². The second-order valence-corrected chi connectivity index (χ2v) is 7.70. The largest absolute Gasteiger partial charge is 0.465 e. The summed E-state index contributed by atoms with van der Waals surface area (Å²) in [5, 5.41) is 6.60. The lowest BCUT2D eigenvalue weighted by molar-refractivity contribution is -0.122. The zero-order valence-corrected chi connectivity index (χ0v) is 16.1. The summed E-state index contributed by atoms with van der Waals surface area (Å²) in [7, 11) is 0. The van der Waals surface area contributed by atoms with Crippen LogP contribution in [0.25, 0.3) is 0 Å². The summed E-state index contributed by atoms with van der Waals surface area (Å²) in [5.74, 6) is 3.00. The molecule has 146 valence electrons. The van der Waals surface area contributed by atoms with E-state index < -0.39 is 0 Å². The van der Waals surface area contributed by atoms with E-state index in [4.69, 9.17) is 9.15 Å². The Morgan fingerprint density at radius 1 is 1.38 bits per heavy atom. The third kappa shape index (κ3) is 5.32. The molecule has 2 saturated heterocycles. The summed E-state index contributed by atoms with van der Waals surface area (Å²) in [6, 6.07) is 4.09. The maximum Gasteiger partial charge on any atom is 0.220 e. The summed E-state index contributed by atoms with van der Waals surface area (Å²) in [4.78, 5) is 14.9. The van der Waals surface area contributed by atoms with Crippen molar-refractivity contribution in [2.24, 2.45) is 11.8 Å². The molecule has 6 heteroatoms. The van der Waals surface area contributed by atoms with Crippen LogP contribution in [0.2, 0.25) is 0 Å². The van der Waals surface area contributed by atoms with E-state index in [0.717, 1.165) is 50.9 Å². The Hall–Kier alpha value is -1.37. The van der Waals surface area contributed by atoms with Crippen molar-refractivity contribution >= 4 is 5.91 Å². The molecule has 0 aliphatic carbocycles. The van der Waals surface area contributed by atoms with Crippen LogP contribution in [0.5, 0.6) is 0 Å². The van der Waals surface area contributed by atoms with Crippen LogP contribution in [0.3, 0.4) is 0 Å². The minimum Gasteiger partial charge on any atom is -0.465 e. The van der Waals surface area contributed by atoms with Crippen molar-refractivity contribution < 1.29 is 13.9 Å². The van der Waals surface area contributed by atoms with Crippen LogP contribution < -0.4 is 10.6 Å². The van der Waals surface area contributed by atoms with E-state index in [-0.39, 0.29) is 11.9 Å². The number of rotatable bonds is 7. The lowest BCUT2D eigenvalue weighted by Crippen LogP contribution is -2.44. The van der Waals surface area contributed by atoms with E-state index in [9.17, 15) is 4.79 Å². The van der Waals surface area contributed by atoms with E-state index in [1.807, 2.05) is 19.1 Å². The lowest BCUT2D eigenvalue weighted by atomic mass is 9.85. The fraction of sp³-hybridized carbons (Fsp3) is 0.750. The first-order valence-corrected chi connectivity index (χ1v) is 9.99. The normalized spacial score (nSPS) is 24.2. The van der Waals surface area contributed by atoms with Gasteiger partial charge in [-0.3, -0.25) is 9.69 Å². The van der Waals surface area contributed by atoms with E-state index in [2.05, 4.69) is 22.5 Å². The Bertz CT molecular complexity index is 562. The molecular formula is C20H33N3O3. The molecule has 3 rings (SSSR count). The highest BCUT2D eigenvalue weighted by molar-refractivity contribution is 5.76. The standard InChI is InChI=1S/C20H33N3O3/c1-15(17-4-3-7-21-13-17)12-20(24)22-14-18(19-6-5-16(2)26-19)23-8-10-25-11-9-23/h5-6,15,17-18,21H,3-4,7-14H2,1-2H3,(H,22,24). The molecule has 3 unspecified atom stereocenters. The molecule has 0 saturated carbocycles. The number of carbonyl (C=O) groups is 1. The van der Waals surface area contributed by atoms with Crippen molar-refractivity contribution in [3.05, 3.63) is 23.7 Å². The van der Waals surface area contributed by atoms with Gasteiger partial charge < -0.3 is 19.8 Å². The Labute approximate surface area is 156 Å². The highest BCUT2D eigenvalue weighted by atomic mass is 16.5. The Balaban J connectivity index is 1.53. The molecule has 3 atom stereocenters. The predicted molar refractivity (Wildman–Crippen MR) is 101 cm³/mol. The van der Waals surface area contributed by atoms with Gasteiger partial charge in [-0.25, -0.2) is 0 Å². The van der Waals surface area contributed by atoms with Crippen LogP contribution in [0.4, 0.5) is 0 Å². The van der Waals surface area contributed by atoms with Crippen molar-refractivity contribution in [1.29, 1.82) is 0 Å². The van der Waals surface area contributed by atoms with Crippen molar-refractivity contribution in [3.8, 4) is 0 Å². The zero-order chi connectivity index (χ0) is 18.4. The predicted octanol–water partition coefficient (Wildman–Crippen LogP) is 2.10. The molecular weight excluding hydrogens is 330 g/mol. The Morgan fingerprint density at radius 2 is 2.19 bits per heavy atom. The molecule has 2 fully saturated rings. The molecule has 1 aromatic rings. The van der Waals surface area contributed by atoms with Crippen molar-refractivity contribution in [1.82, 2.24) is 15.5 Å². The number of carbonyl (C=O) groups excluding carboxylic acids is 1. The molecule has 1 aromatic heterocycles. The summed E-state index contributed by atoms with van der Waals surface area (Å²) in [5.41, 5.74) is 0. The van der Waals surface area contributed by atoms with Crippen LogP contribution in [0, 0.1) is 18.8 Å². The zero-order valence-electron chi connectivity index (χ0n) is 16.1. The van der Waals surface area contributed by atoms with Crippen LogP contribution >= 0.6 is 0 Å². The number of hydrogen-bond donors (Lipinski definition) is 2. The van der Waals surface area contributed by atoms with E-state index in [0.29, 0.717) is 24.8 Å². The van der Waals surface area contributed by atoms with Crippen molar-refractivity contribution in [3.63, 3.8) is 0 Å². The topological polar surface area (TPSA) is 66.7 Å². The number of aryl methyl sites for hydroxylation is 1. The van der Waals surface area contributed by atoms with Gasteiger partial charge in [0.05, 0.1) is 19.3 Å². The summed E-state index contributed by atoms with van der Waals surface area (Å²) >= 11 is 0. The maximum absolute atomic E-state index is 12.5. The minimum absolute atomic E-state index is 0.0724. The van der Waals surface area contributed by atoms with Gasteiger partial charge in [0.25, 0.3) is 0 Å². The number of ether oxygens (including phenoxy) is 1. The minimum atomic E-state index is 0.0724. The lowest BCUT2D eigenvalue weighted by Gasteiger charge is -2.33. The van der Waals surface area contributed by atoms with Gasteiger partial charge in [0, 0.05) is 26.1 Å². The number of piperidine rings is 1. The van der Waals surface area contributed by atoms with Crippen LogP contribution in [0.15, 0.2) is 16.5 Å². The number of nitrogens with one attached hydrogen (secondary N) is 2. The maximum atomic E-state index is 12.5. The molecule has 3 heterocycles. The van der Waals surface area contributed by atoms with E-state index in [1.54, 1.807) is 0 Å². The highest BCUT2D eigenvalue weighted by Gasteiger charge is 2.27. The monoisotopic (exact) mass is 363 g/mol. The SMILES string of the molecule is Cc1ccc(C(CNC(=O)CC(C)C2CCCNC2)N2CCOCC2)o1. The summed E-state index contributed by atoms with van der Waals surface area (Å²) in [6.07, 6.45) is 3.04. The Kier molecular flexibility index (Phi) is 7.11. The van der Waals surface area contributed by atoms with Crippen molar-refractivity contribution in [2.45, 2.75) is 39.2 Å². The Morgan fingerprint density at radius 3 is 2.85 bits per heavy atom. The highest BCUT2D eigenvalue weighted by Crippen LogP contribution is 2.25. The number of amides is 1. The molecule has 0 spiro atoms. The molecule has 0 bridgehead atoms. The molecule has 6 nitrogen and oxygen atoms in total. The molecule has 1 amide bonds. The molecule has 0 aromatic carbocycles. The van der Waals surface area contributed by atoms with E-state index in [1.165, 1.54) is 12.8 Å². The first-order valence-electron chi connectivity index (χ1n) is 9.99. The quantitative estimate of drug-likeness (QED) is 0.777. The number of hydrogen-bond acceptors (Lipinski definition) is 5. The molecule has 2 N–H and O–H groups in total. The van der Waals surface area contributed by atoms with Gasteiger partial charge >= 0.3 is 0 Å². The second-order valence-electron chi connectivity index (χ2n) is 7.70. The number of morpholine rings is 1. The van der Waals surface area contributed by atoms with Gasteiger partial charge in [-0.05, 0) is 56.8 Å². The first-order chi connectivity index (χ1) is 12.6. The number of nitrogens with zero attached hydrogens (tertiary/aromatic N) is 1. The smallest absolute Gasteiger partial charge is 0.220 e. The van der Waals surface area contributed by atoms with Gasteiger partial charge in [-0.1, -0.05) is 6.92 Å². The van der Waals surface area contributed by atoms with Crippen LogP contribution in [-0.4, -0.2) is 56.7 Å². The first kappa shape index (κ1) is 19.4. The van der Waals surface area contributed by atoms with Crippen LogP contribution in [0.1, 0.15) is 43.7 Å². The second kappa shape index (κ2) is 9.53. The average molecular weight is 364 g/mol. The average Bonchev–Trinajstić information content (AvgIpc) is 3.09.